The minimum Gasteiger partial charge on any atom is -0.495 e. The summed E-state index contributed by atoms with van der Waals surface area (Å²) >= 11 is 6.05. The molecule has 8 heteroatoms. The van der Waals surface area contributed by atoms with Crippen molar-refractivity contribution in [2.75, 3.05) is 13.7 Å². The van der Waals surface area contributed by atoms with Crippen LogP contribution in [0.5, 0.6) is 5.75 Å². The summed E-state index contributed by atoms with van der Waals surface area (Å²) in [7, 11) is 1.39. The van der Waals surface area contributed by atoms with Gasteiger partial charge in [0.05, 0.1) is 17.7 Å². The topological polar surface area (TPSA) is 82.8 Å². The number of benzene rings is 1. The van der Waals surface area contributed by atoms with Crippen LogP contribution >= 0.6 is 11.6 Å². The summed E-state index contributed by atoms with van der Waals surface area (Å²) in [5, 5.41) is 2.67. The Morgan fingerprint density at radius 3 is 2.88 bits per heavy atom. The number of methoxy groups -OCH3 is 1. The zero-order valence-corrected chi connectivity index (χ0v) is 13.8. The third-order valence-corrected chi connectivity index (χ3v) is 3.80. The summed E-state index contributed by atoms with van der Waals surface area (Å²) in [6.07, 6.45) is 5.47. The van der Waals surface area contributed by atoms with Crippen LogP contribution in [0.4, 0.5) is 4.39 Å². The van der Waals surface area contributed by atoms with Crippen LogP contribution in [-0.4, -0.2) is 25.6 Å². The molecule has 1 heterocycles. The number of ether oxygens (including phenoxy) is 1. The molecule has 0 unspecified atom stereocenters. The molecule has 6 nitrogen and oxygen atoms in total. The van der Waals surface area contributed by atoms with Crippen molar-refractivity contribution in [3.63, 3.8) is 0 Å². The molecule has 1 aromatic carbocycles. The van der Waals surface area contributed by atoms with Gasteiger partial charge in [0.25, 0.3) is 5.91 Å². The average Bonchev–Trinajstić information content (AvgIpc) is 2.56. The lowest BCUT2D eigenvalue weighted by Gasteiger charge is -2.20. The van der Waals surface area contributed by atoms with Crippen LogP contribution in [0.1, 0.15) is 23.2 Å². The highest BCUT2D eigenvalue weighted by Crippen LogP contribution is 2.30. The van der Waals surface area contributed by atoms with Crippen LogP contribution in [0.25, 0.3) is 0 Å². The van der Waals surface area contributed by atoms with Gasteiger partial charge < -0.3 is 15.8 Å². The lowest BCUT2D eigenvalue weighted by molar-refractivity contribution is -0.199. The van der Waals surface area contributed by atoms with E-state index in [0.717, 1.165) is 11.6 Å². The second-order valence-corrected chi connectivity index (χ2v) is 5.46. The first-order valence-electron chi connectivity index (χ1n) is 7.27. The highest BCUT2D eigenvalue weighted by atomic mass is 35.5. The minimum absolute atomic E-state index is 0.0741. The number of halogens is 2. The van der Waals surface area contributed by atoms with E-state index in [1.165, 1.54) is 25.7 Å². The van der Waals surface area contributed by atoms with Crippen molar-refractivity contribution < 1.29 is 23.7 Å². The molecular weight excluding hydrogens is 339 g/mol. The number of nitrogens with one attached hydrogen (secondary N) is 1. The van der Waals surface area contributed by atoms with E-state index in [-0.39, 0.29) is 22.4 Å². The molecular formula is C16H18ClFN2O4. The molecule has 3 N–H and O–H groups in total. The Labute approximate surface area is 143 Å². The van der Waals surface area contributed by atoms with Crippen LogP contribution in [0.2, 0.25) is 5.02 Å². The van der Waals surface area contributed by atoms with E-state index in [1.54, 1.807) is 6.08 Å². The number of carbonyl (C=O) groups excluding carboxylic acids is 1. The van der Waals surface area contributed by atoms with Gasteiger partial charge in [-0.05, 0) is 43.2 Å². The van der Waals surface area contributed by atoms with Gasteiger partial charge in [0.2, 0.25) is 0 Å². The van der Waals surface area contributed by atoms with Crippen molar-refractivity contribution >= 4 is 17.5 Å². The Kier molecular flexibility index (Phi) is 6.45. The Morgan fingerprint density at radius 2 is 2.25 bits per heavy atom. The molecule has 0 aromatic heterocycles. The van der Waals surface area contributed by atoms with Gasteiger partial charge in [-0.2, -0.15) is 0 Å². The van der Waals surface area contributed by atoms with Crippen molar-refractivity contribution in [1.29, 1.82) is 0 Å². The van der Waals surface area contributed by atoms with Gasteiger partial charge in [-0.15, -0.1) is 0 Å². The Hall–Kier alpha value is -2.25. The lowest BCUT2D eigenvalue weighted by Crippen LogP contribution is -2.37. The zero-order chi connectivity index (χ0) is 17.5. The Balaban J connectivity index is 2.16. The molecule has 0 bridgehead atoms. The molecule has 0 saturated heterocycles. The van der Waals surface area contributed by atoms with E-state index in [4.69, 9.17) is 27.0 Å². The monoisotopic (exact) mass is 356 g/mol. The number of hydrogen-bond acceptors (Lipinski definition) is 5. The van der Waals surface area contributed by atoms with Crippen molar-refractivity contribution in [3.8, 4) is 5.75 Å². The number of carbonyl (C=O) groups is 1. The van der Waals surface area contributed by atoms with Gasteiger partial charge in [0.1, 0.15) is 24.1 Å². The van der Waals surface area contributed by atoms with Crippen LogP contribution < -0.4 is 15.8 Å². The van der Waals surface area contributed by atoms with Crippen LogP contribution in [0, 0.1) is 5.82 Å². The van der Waals surface area contributed by atoms with Crippen molar-refractivity contribution in [3.05, 3.63) is 52.7 Å². The largest absolute Gasteiger partial charge is 0.495 e. The van der Waals surface area contributed by atoms with E-state index >= 15 is 0 Å². The normalized spacial score (nSPS) is 14.2. The van der Waals surface area contributed by atoms with Gasteiger partial charge in [0.15, 0.2) is 0 Å². The first-order chi connectivity index (χ1) is 11.6. The lowest BCUT2D eigenvalue weighted by atomic mass is 10.0. The second-order valence-electron chi connectivity index (χ2n) is 5.08. The molecule has 1 amide bonds. The first kappa shape index (κ1) is 18.1. The second kappa shape index (κ2) is 8.56. The maximum Gasteiger partial charge on any atom is 0.256 e. The third-order valence-electron chi connectivity index (χ3n) is 3.43. The zero-order valence-electron chi connectivity index (χ0n) is 13.1. The fourth-order valence-electron chi connectivity index (χ4n) is 2.26. The van der Waals surface area contributed by atoms with Crippen LogP contribution in [-0.2, 0) is 9.78 Å². The molecule has 1 aromatic rings. The van der Waals surface area contributed by atoms with E-state index < -0.39 is 11.7 Å². The highest BCUT2D eigenvalue weighted by Gasteiger charge is 2.22. The van der Waals surface area contributed by atoms with Gasteiger partial charge in [-0.3, -0.25) is 14.6 Å². The van der Waals surface area contributed by atoms with E-state index in [2.05, 4.69) is 10.2 Å². The summed E-state index contributed by atoms with van der Waals surface area (Å²) in [5.74, 6) is -1.13. The fraction of sp³-hybridized carbons (Fsp3) is 0.312. The first-order valence-corrected chi connectivity index (χ1v) is 7.65. The van der Waals surface area contributed by atoms with Crippen molar-refractivity contribution in [1.82, 2.24) is 5.32 Å². The number of allylic oxidation sites excluding steroid dienone is 1. The van der Waals surface area contributed by atoms with Crippen molar-refractivity contribution in [2.45, 2.75) is 18.9 Å². The number of amides is 1. The quantitative estimate of drug-likeness (QED) is 0.734. The van der Waals surface area contributed by atoms with Crippen LogP contribution in [0.15, 0.2) is 36.3 Å². The molecule has 24 heavy (non-hydrogen) atoms. The molecule has 0 radical (unpaired) electrons. The average molecular weight is 357 g/mol. The van der Waals surface area contributed by atoms with E-state index in [0.29, 0.717) is 19.4 Å². The maximum atomic E-state index is 14.0. The molecule has 2 rings (SSSR count). The summed E-state index contributed by atoms with van der Waals surface area (Å²) < 4.78 is 19.0. The molecule has 0 spiro atoms. The molecule has 0 fully saturated rings. The fourth-order valence-corrected chi connectivity index (χ4v) is 2.58. The summed E-state index contributed by atoms with van der Waals surface area (Å²) in [6, 6.07) is 2.18. The third kappa shape index (κ3) is 4.39. The van der Waals surface area contributed by atoms with Crippen LogP contribution in [0.3, 0.4) is 0 Å². The predicted molar refractivity (Wildman–Crippen MR) is 86.9 cm³/mol. The Morgan fingerprint density at radius 1 is 1.46 bits per heavy atom. The number of hydrogen-bond donors (Lipinski definition) is 2. The SMILES string of the molecule is COc1ccc(F)c(C(=O)N[C@H](CCN)CC2=COOC=C2)c1Cl. The molecule has 1 atom stereocenters. The number of nitrogens with two attached hydrogens (primary N) is 1. The van der Waals surface area contributed by atoms with Gasteiger partial charge in [-0.25, -0.2) is 4.39 Å². The molecule has 1 aliphatic rings. The van der Waals surface area contributed by atoms with E-state index in [1.807, 2.05) is 0 Å². The summed E-state index contributed by atoms with van der Waals surface area (Å²) in [6.45, 7) is 0.355. The molecule has 0 saturated carbocycles. The van der Waals surface area contributed by atoms with Gasteiger partial charge in [-0.1, -0.05) is 11.6 Å². The molecule has 0 aliphatic carbocycles. The van der Waals surface area contributed by atoms with Crippen molar-refractivity contribution in [2.24, 2.45) is 5.73 Å². The summed E-state index contributed by atoms with van der Waals surface area (Å²) in [4.78, 5) is 21.8. The smallest absolute Gasteiger partial charge is 0.256 e. The molecule has 130 valence electrons. The molecule has 1 aliphatic heterocycles. The highest BCUT2D eigenvalue weighted by molar-refractivity contribution is 6.35. The predicted octanol–water partition coefficient (Wildman–Crippen LogP) is 2.68. The summed E-state index contributed by atoms with van der Waals surface area (Å²) in [5.41, 5.74) is 6.13. The standard InChI is InChI=1S/C16H18ClFN2O4/c1-22-13-3-2-12(18)14(15(13)17)16(21)20-11(4-6-19)8-10-5-7-23-24-9-10/h2-3,5,7,9,11H,4,6,8,19H2,1H3,(H,20,21)/t11-/m1/s1. The minimum atomic E-state index is -0.724. The van der Waals surface area contributed by atoms with E-state index in [9.17, 15) is 9.18 Å². The van der Waals surface area contributed by atoms with Gasteiger partial charge in [0, 0.05) is 6.04 Å². The number of rotatable bonds is 7. The Bertz CT molecular complexity index is 664. The maximum absolute atomic E-state index is 14.0. The van der Waals surface area contributed by atoms with Gasteiger partial charge >= 0.3 is 0 Å².